The molecule has 0 aromatic heterocycles. The Morgan fingerprint density at radius 2 is 1.84 bits per heavy atom. The highest BCUT2D eigenvalue weighted by Crippen LogP contribution is 2.35. The molecule has 2 aromatic rings. The van der Waals surface area contributed by atoms with Crippen LogP contribution in [0.5, 0.6) is 0 Å². The van der Waals surface area contributed by atoms with E-state index in [1.54, 1.807) is 6.92 Å². The highest BCUT2D eigenvalue weighted by Gasteiger charge is 2.33. The van der Waals surface area contributed by atoms with Crippen LogP contribution in [-0.2, 0) is 12.6 Å². The summed E-state index contributed by atoms with van der Waals surface area (Å²) in [4.78, 5) is 13.1. The fourth-order valence-corrected chi connectivity index (χ4v) is 4.66. The zero-order valence-corrected chi connectivity index (χ0v) is 18.0. The molecule has 0 radical (unpaired) electrons. The van der Waals surface area contributed by atoms with Crippen LogP contribution in [0.1, 0.15) is 77.1 Å². The normalized spacial score (nSPS) is 20.1. The molecule has 1 saturated carbocycles. The minimum absolute atomic E-state index is 0.0403. The number of hydrogen-bond acceptors (Lipinski definition) is 2. The van der Waals surface area contributed by atoms with E-state index in [9.17, 15) is 18.0 Å². The Bertz CT molecular complexity index is 909. The van der Waals surface area contributed by atoms with Crippen molar-refractivity contribution in [2.45, 2.75) is 70.0 Å². The predicted octanol–water partition coefficient (Wildman–Crippen LogP) is 6.47. The summed E-state index contributed by atoms with van der Waals surface area (Å²) in [7, 11) is 0. The van der Waals surface area contributed by atoms with Gasteiger partial charge in [-0.1, -0.05) is 43.2 Å². The van der Waals surface area contributed by atoms with E-state index in [2.05, 4.69) is 29.6 Å². The molecule has 0 spiro atoms. The van der Waals surface area contributed by atoms with Crippen LogP contribution in [0.2, 0.25) is 0 Å². The topological polar surface area (TPSA) is 29.1 Å². The van der Waals surface area contributed by atoms with Gasteiger partial charge < -0.3 is 5.32 Å². The molecule has 1 unspecified atom stereocenters. The van der Waals surface area contributed by atoms with Crippen molar-refractivity contribution in [3.05, 3.63) is 70.3 Å². The molecule has 4 rings (SSSR count). The molecule has 2 aliphatic rings. The maximum atomic E-state index is 13.2. The van der Waals surface area contributed by atoms with Crippen molar-refractivity contribution >= 4 is 5.78 Å². The molecule has 0 amide bonds. The number of carbonyl (C=O) groups excluding carboxylic acids is 1. The maximum Gasteiger partial charge on any atom is 0.416 e. The standard InChI is InChI=1S/C26H30F3NO/c1-17-4-13-21(26(27,28)29)15-22(17)25(31)16-23(24-3-2-14-30-24)20-11-9-19(10-12-20)8-7-18-5-6-18/h4,9-13,15,18,23-24,30H,2-3,5-8,14,16H2,1H3/t23-,24?/m1/s1. The number of alkyl halides is 3. The van der Waals surface area contributed by atoms with Crippen molar-refractivity contribution in [2.24, 2.45) is 5.92 Å². The van der Waals surface area contributed by atoms with Crippen molar-refractivity contribution in [1.29, 1.82) is 0 Å². The summed E-state index contributed by atoms with van der Waals surface area (Å²) in [5.41, 5.74) is 2.41. The minimum atomic E-state index is -4.45. The number of hydrogen-bond donors (Lipinski definition) is 1. The van der Waals surface area contributed by atoms with E-state index in [4.69, 9.17) is 0 Å². The van der Waals surface area contributed by atoms with Gasteiger partial charge in [-0.05, 0) is 73.9 Å². The number of Topliss-reactive ketones (excluding diaryl/α,β-unsaturated/α-hetero) is 1. The summed E-state index contributed by atoms with van der Waals surface area (Å²) in [6.07, 6.45) is 2.81. The molecule has 2 nitrogen and oxygen atoms in total. The molecule has 1 heterocycles. The summed E-state index contributed by atoms with van der Waals surface area (Å²) >= 11 is 0. The first-order chi connectivity index (χ1) is 14.8. The van der Waals surface area contributed by atoms with Gasteiger partial charge in [-0.25, -0.2) is 0 Å². The number of aryl methyl sites for hydroxylation is 2. The number of benzene rings is 2. The molecule has 1 N–H and O–H groups in total. The van der Waals surface area contributed by atoms with Gasteiger partial charge in [0.05, 0.1) is 5.56 Å². The van der Waals surface area contributed by atoms with Gasteiger partial charge in [-0.2, -0.15) is 13.2 Å². The zero-order valence-electron chi connectivity index (χ0n) is 18.0. The third-order valence-electron chi connectivity index (χ3n) is 6.80. The van der Waals surface area contributed by atoms with Gasteiger partial charge in [0, 0.05) is 23.9 Å². The fourth-order valence-electron chi connectivity index (χ4n) is 4.66. The smallest absolute Gasteiger partial charge is 0.313 e. The molecule has 31 heavy (non-hydrogen) atoms. The molecule has 0 bridgehead atoms. The van der Waals surface area contributed by atoms with Gasteiger partial charge in [-0.3, -0.25) is 4.79 Å². The van der Waals surface area contributed by atoms with Gasteiger partial charge in [0.2, 0.25) is 0 Å². The van der Waals surface area contributed by atoms with Crippen molar-refractivity contribution in [3.8, 4) is 0 Å². The van der Waals surface area contributed by atoms with Crippen LogP contribution in [0, 0.1) is 12.8 Å². The van der Waals surface area contributed by atoms with Gasteiger partial charge >= 0.3 is 6.18 Å². The SMILES string of the molecule is Cc1ccc(C(F)(F)F)cc1C(=O)C[C@H](c1ccc(CCC2CC2)cc1)C1CCCN1. The second-order valence-electron chi connectivity index (χ2n) is 9.19. The van der Waals surface area contributed by atoms with Crippen LogP contribution in [-0.4, -0.2) is 18.4 Å². The van der Waals surface area contributed by atoms with E-state index in [1.807, 2.05) is 0 Å². The van der Waals surface area contributed by atoms with Crippen LogP contribution in [0.25, 0.3) is 0 Å². The molecular weight excluding hydrogens is 399 g/mol. The highest BCUT2D eigenvalue weighted by atomic mass is 19.4. The van der Waals surface area contributed by atoms with E-state index >= 15 is 0 Å². The third-order valence-corrected chi connectivity index (χ3v) is 6.80. The van der Waals surface area contributed by atoms with E-state index < -0.39 is 11.7 Å². The van der Waals surface area contributed by atoms with Crippen LogP contribution >= 0.6 is 0 Å². The average molecular weight is 430 g/mol. The second-order valence-corrected chi connectivity index (χ2v) is 9.19. The molecule has 2 atom stereocenters. The molecule has 1 aliphatic heterocycles. The zero-order chi connectivity index (χ0) is 22.0. The first-order valence-electron chi connectivity index (χ1n) is 11.3. The Morgan fingerprint density at radius 1 is 1.10 bits per heavy atom. The summed E-state index contributed by atoms with van der Waals surface area (Å²) in [5, 5.41) is 3.49. The third kappa shape index (κ3) is 5.57. The van der Waals surface area contributed by atoms with E-state index in [1.165, 1.54) is 30.9 Å². The van der Waals surface area contributed by atoms with Gasteiger partial charge in [0.15, 0.2) is 5.78 Å². The number of carbonyl (C=O) groups is 1. The summed E-state index contributed by atoms with van der Waals surface area (Å²) < 4.78 is 39.5. The molecule has 5 heteroatoms. The van der Waals surface area contributed by atoms with Crippen molar-refractivity contribution in [3.63, 3.8) is 0 Å². The molecule has 1 saturated heterocycles. The van der Waals surface area contributed by atoms with Crippen molar-refractivity contribution < 1.29 is 18.0 Å². The molecular formula is C26H30F3NO. The van der Waals surface area contributed by atoms with E-state index in [0.717, 1.165) is 49.4 Å². The summed E-state index contributed by atoms with van der Waals surface area (Å²) in [6, 6.07) is 12.2. The van der Waals surface area contributed by atoms with Crippen molar-refractivity contribution in [1.82, 2.24) is 5.32 Å². The summed E-state index contributed by atoms with van der Waals surface area (Å²) in [6.45, 7) is 2.61. The van der Waals surface area contributed by atoms with E-state index in [0.29, 0.717) is 5.56 Å². The number of nitrogens with one attached hydrogen (secondary N) is 1. The first kappa shape index (κ1) is 22.1. The van der Waals surface area contributed by atoms with Crippen LogP contribution < -0.4 is 5.32 Å². The Balaban J connectivity index is 1.53. The molecule has 1 aliphatic carbocycles. The van der Waals surface area contributed by atoms with Crippen LogP contribution in [0.3, 0.4) is 0 Å². The van der Waals surface area contributed by atoms with Crippen molar-refractivity contribution in [2.75, 3.05) is 6.54 Å². The molecule has 2 aromatic carbocycles. The first-order valence-corrected chi connectivity index (χ1v) is 11.3. The van der Waals surface area contributed by atoms with Crippen LogP contribution in [0.4, 0.5) is 13.2 Å². The lowest BCUT2D eigenvalue weighted by atomic mass is 9.83. The monoisotopic (exact) mass is 429 g/mol. The fraction of sp³-hybridized carbons (Fsp3) is 0.500. The second kappa shape index (κ2) is 9.15. The summed E-state index contributed by atoms with van der Waals surface area (Å²) in [5.74, 6) is 0.630. The Morgan fingerprint density at radius 3 is 2.45 bits per heavy atom. The number of rotatable bonds is 8. The maximum absolute atomic E-state index is 13.2. The predicted molar refractivity (Wildman–Crippen MR) is 116 cm³/mol. The molecule has 2 fully saturated rings. The van der Waals surface area contributed by atoms with Gasteiger partial charge in [-0.15, -0.1) is 0 Å². The van der Waals surface area contributed by atoms with Gasteiger partial charge in [0.25, 0.3) is 0 Å². The minimum Gasteiger partial charge on any atom is -0.313 e. The Labute approximate surface area is 182 Å². The average Bonchev–Trinajstić information content (AvgIpc) is 3.41. The Hall–Kier alpha value is -2.14. The molecule has 166 valence electrons. The Kier molecular flexibility index (Phi) is 6.52. The van der Waals surface area contributed by atoms with Gasteiger partial charge in [0.1, 0.15) is 0 Å². The number of ketones is 1. The highest BCUT2D eigenvalue weighted by molar-refractivity contribution is 5.98. The van der Waals surface area contributed by atoms with E-state index in [-0.39, 0.29) is 29.7 Å². The van der Waals surface area contributed by atoms with Crippen LogP contribution in [0.15, 0.2) is 42.5 Å². The number of halogens is 3. The lowest BCUT2D eigenvalue weighted by molar-refractivity contribution is -0.137. The lowest BCUT2D eigenvalue weighted by Crippen LogP contribution is -2.30. The quantitative estimate of drug-likeness (QED) is 0.488. The lowest BCUT2D eigenvalue weighted by Gasteiger charge is -2.24. The largest absolute Gasteiger partial charge is 0.416 e.